The van der Waals surface area contributed by atoms with Crippen molar-refractivity contribution in [2.75, 3.05) is 6.61 Å². The van der Waals surface area contributed by atoms with Crippen LogP contribution in [0.3, 0.4) is 0 Å². The largest absolute Gasteiger partial charge is 0.396 e. The number of aliphatic hydroxyl groups is 1. The summed E-state index contributed by atoms with van der Waals surface area (Å²) in [5, 5.41) is 24.6. The third-order valence-corrected chi connectivity index (χ3v) is 1.65. The Morgan fingerprint density at radius 1 is 1.67 bits per heavy atom. The molecule has 0 radical (unpaired) electrons. The zero-order valence-electron chi connectivity index (χ0n) is 6.86. The molecule has 0 atom stereocenters. The zero-order valence-corrected chi connectivity index (χ0v) is 6.86. The molecule has 12 heavy (non-hydrogen) atoms. The maximum Gasteiger partial charge on any atom is 0.130 e. The van der Waals surface area contributed by atoms with Gasteiger partial charge in [0.05, 0.1) is 17.5 Å². The summed E-state index contributed by atoms with van der Waals surface area (Å²) in [6, 6.07) is 1.98. The Kier molecular flexibility index (Phi) is 2.77. The normalized spacial score (nSPS) is 9.75. The van der Waals surface area contributed by atoms with Gasteiger partial charge >= 0.3 is 0 Å². The lowest BCUT2D eigenvalue weighted by Gasteiger charge is -1.95. The van der Waals surface area contributed by atoms with Crippen LogP contribution in [0.2, 0.25) is 0 Å². The lowest BCUT2D eigenvalue weighted by molar-refractivity contribution is 0.298. The highest BCUT2D eigenvalue weighted by Gasteiger charge is 2.06. The monoisotopic (exact) mass is 166 g/mol. The van der Waals surface area contributed by atoms with Crippen LogP contribution in [-0.4, -0.2) is 26.7 Å². The second-order valence-electron chi connectivity index (χ2n) is 2.41. The molecule has 1 aromatic heterocycles. The van der Waals surface area contributed by atoms with Crippen molar-refractivity contribution < 1.29 is 5.11 Å². The summed E-state index contributed by atoms with van der Waals surface area (Å²) in [6.07, 6.45) is 0.497. The molecule has 0 saturated heterocycles. The highest BCUT2D eigenvalue weighted by atomic mass is 16.3. The van der Waals surface area contributed by atoms with Crippen LogP contribution < -0.4 is 0 Å². The van der Waals surface area contributed by atoms with E-state index < -0.39 is 0 Å². The van der Waals surface area contributed by atoms with E-state index in [1.54, 1.807) is 0 Å². The molecule has 64 valence electrons. The Labute approximate surface area is 70.2 Å². The van der Waals surface area contributed by atoms with Crippen molar-refractivity contribution in [3.8, 4) is 6.07 Å². The van der Waals surface area contributed by atoms with Gasteiger partial charge in [-0.1, -0.05) is 5.21 Å². The molecule has 0 aromatic carbocycles. The Morgan fingerprint density at radius 2 is 2.42 bits per heavy atom. The van der Waals surface area contributed by atoms with Crippen LogP contribution >= 0.6 is 0 Å². The van der Waals surface area contributed by atoms with E-state index in [1.807, 2.05) is 13.0 Å². The third-order valence-electron chi connectivity index (χ3n) is 1.65. The van der Waals surface area contributed by atoms with Gasteiger partial charge < -0.3 is 5.11 Å². The molecular weight excluding hydrogens is 156 g/mol. The van der Waals surface area contributed by atoms with Gasteiger partial charge in [0.25, 0.3) is 0 Å². The van der Waals surface area contributed by atoms with Gasteiger partial charge in [0.15, 0.2) is 0 Å². The minimum atomic E-state index is 0.0616. The lowest BCUT2D eigenvalue weighted by Crippen LogP contribution is -2.01. The van der Waals surface area contributed by atoms with Crippen LogP contribution in [0, 0.1) is 18.3 Å². The molecule has 0 amide bonds. The van der Waals surface area contributed by atoms with Gasteiger partial charge in [0.2, 0.25) is 0 Å². The highest BCUT2D eigenvalue weighted by Crippen LogP contribution is 2.03. The lowest BCUT2D eigenvalue weighted by atomic mass is 10.3. The molecule has 1 rings (SSSR count). The molecule has 0 aliphatic rings. The average molecular weight is 166 g/mol. The first-order valence-corrected chi connectivity index (χ1v) is 3.66. The summed E-state index contributed by atoms with van der Waals surface area (Å²) in [5.74, 6) is 0. The minimum absolute atomic E-state index is 0.0616. The molecule has 0 aliphatic heterocycles. The van der Waals surface area contributed by atoms with E-state index in [0.717, 1.165) is 11.4 Å². The summed E-state index contributed by atoms with van der Waals surface area (Å²) < 4.78 is 1.52. The predicted molar refractivity (Wildman–Crippen MR) is 41.2 cm³/mol. The number of aliphatic hydroxyl groups excluding tert-OH is 1. The van der Waals surface area contributed by atoms with Crippen molar-refractivity contribution in [3.63, 3.8) is 0 Å². The topological polar surface area (TPSA) is 74.7 Å². The fourth-order valence-electron chi connectivity index (χ4n) is 0.950. The number of hydrogen-bond acceptors (Lipinski definition) is 4. The van der Waals surface area contributed by atoms with Gasteiger partial charge in [-0.2, -0.15) is 5.26 Å². The number of rotatable bonds is 3. The molecule has 5 nitrogen and oxygen atoms in total. The quantitative estimate of drug-likeness (QED) is 0.665. The second kappa shape index (κ2) is 3.83. The first-order chi connectivity index (χ1) is 5.79. The first kappa shape index (κ1) is 8.68. The van der Waals surface area contributed by atoms with E-state index in [1.165, 1.54) is 4.68 Å². The standard InChI is InChI=1S/C7H10N4O/c1-6-7(2-5-12)9-10-11(6)4-3-8/h12H,2,4-5H2,1H3. The van der Waals surface area contributed by atoms with Gasteiger partial charge in [-0.05, 0) is 6.92 Å². The van der Waals surface area contributed by atoms with Crippen LogP contribution in [0.5, 0.6) is 0 Å². The predicted octanol–water partition coefficient (Wildman–Crippen LogP) is -0.355. The summed E-state index contributed by atoms with van der Waals surface area (Å²) in [7, 11) is 0. The molecule has 1 N–H and O–H groups in total. The van der Waals surface area contributed by atoms with Gasteiger partial charge in [0, 0.05) is 13.0 Å². The van der Waals surface area contributed by atoms with Crippen LogP contribution in [-0.2, 0) is 13.0 Å². The maximum atomic E-state index is 8.64. The van der Waals surface area contributed by atoms with E-state index in [-0.39, 0.29) is 13.2 Å². The van der Waals surface area contributed by atoms with Crippen molar-refractivity contribution >= 4 is 0 Å². The smallest absolute Gasteiger partial charge is 0.130 e. The number of aromatic nitrogens is 3. The van der Waals surface area contributed by atoms with Crippen LogP contribution in [0.1, 0.15) is 11.4 Å². The highest BCUT2D eigenvalue weighted by molar-refractivity contribution is 5.08. The van der Waals surface area contributed by atoms with Gasteiger partial charge in [-0.25, -0.2) is 4.68 Å². The maximum absolute atomic E-state index is 8.64. The number of hydrogen-bond donors (Lipinski definition) is 1. The molecule has 0 unspecified atom stereocenters. The van der Waals surface area contributed by atoms with Gasteiger partial charge in [-0.15, -0.1) is 5.10 Å². The first-order valence-electron chi connectivity index (χ1n) is 3.66. The van der Waals surface area contributed by atoms with E-state index in [4.69, 9.17) is 10.4 Å². The Bertz CT molecular complexity index is 299. The average Bonchev–Trinajstić information content (AvgIpc) is 2.38. The molecule has 5 heteroatoms. The molecule has 0 bridgehead atoms. The molecule has 0 spiro atoms. The third kappa shape index (κ3) is 1.60. The zero-order chi connectivity index (χ0) is 8.97. The van der Waals surface area contributed by atoms with Crippen molar-refractivity contribution in [3.05, 3.63) is 11.4 Å². The summed E-state index contributed by atoms with van der Waals surface area (Å²) in [4.78, 5) is 0. The molecule has 1 aromatic rings. The van der Waals surface area contributed by atoms with E-state index in [0.29, 0.717) is 6.42 Å². The summed E-state index contributed by atoms with van der Waals surface area (Å²) in [6.45, 7) is 2.11. The van der Waals surface area contributed by atoms with Crippen LogP contribution in [0.15, 0.2) is 0 Å². The van der Waals surface area contributed by atoms with Crippen molar-refractivity contribution in [1.82, 2.24) is 15.0 Å². The SMILES string of the molecule is Cc1c(CCO)nnn1CC#N. The van der Waals surface area contributed by atoms with Crippen molar-refractivity contribution in [2.45, 2.75) is 19.9 Å². The minimum Gasteiger partial charge on any atom is -0.396 e. The fourth-order valence-corrected chi connectivity index (χ4v) is 0.950. The molecule has 1 heterocycles. The van der Waals surface area contributed by atoms with Crippen LogP contribution in [0.25, 0.3) is 0 Å². The van der Waals surface area contributed by atoms with Crippen LogP contribution in [0.4, 0.5) is 0 Å². The van der Waals surface area contributed by atoms with E-state index in [9.17, 15) is 0 Å². The van der Waals surface area contributed by atoms with Gasteiger partial charge in [-0.3, -0.25) is 0 Å². The number of nitrogens with zero attached hydrogens (tertiary/aromatic N) is 4. The molecule has 0 aliphatic carbocycles. The Balaban J connectivity index is 2.82. The molecule has 0 saturated carbocycles. The summed E-state index contributed by atoms with van der Waals surface area (Å²) >= 11 is 0. The second-order valence-corrected chi connectivity index (χ2v) is 2.41. The van der Waals surface area contributed by atoms with Gasteiger partial charge in [0.1, 0.15) is 6.54 Å². The number of nitriles is 1. The summed E-state index contributed by atoms with van der Waals surface area (Å²) in [5.41, 5.74) is 1.61. The Hall–Kier alpha value is -1.41. The Morgan fingerprint density at radius 3 is 3.00 bits per heavy atom. The fraction of sp³-hybridized carbons (Fsp3) is 0.571. The van der Waals surface area contributed by atoms with E-state index in [2.05, 4.69) is 10.3 Å². The van der Waals surface area contributed by atoms with Crippen molar-refractivity contribution in [2.24, 2.45) is 0 Å². The molecule has 0 fully saturated rings. The van der Waals surface area contributed by atoms with E-state index >= 15 is 0 Å². The molecular formula is C7H10N4O. The van der Waals surface area contributed by atoms with Crippen molar-refractivity contribution in [1.29, 1.82) is 5.26 Å².